The second-order valence-electron chi connectivity index (χ2n) is 12.6. The van der Waals surface area contributed by atoms with Crippen LogP contribution in [-0.2, 0) is 23.5 Å². The van der Waals surface area contributed by atoms with E-state index in [9.17, 15) is 36.2 Å². The monoisotopic (exact) mass is 665 g/mol. The van der Waals surface area contributed by atoms with Crippen molar-refractivity contribution in [1.82, 2.24) is 9.88 Å². The number of alkyl halides is 6. The number of thiazole rings is 1. The van der Waals surface area contributed by atoms with Gasteiger partial charge < -0.3 is 14.7 Å². The Morgan fingerprint density at radius 1 is 1.02 bits per heavy atom. The minimum absolute atomic E-state index is 0.110. The second kappa shape index (κ2) is 11.0. The summed E-state index contributed by atoms with van der Waals surface area (Å²) in [5.74, 6) is -0.422. The number of halogens is 6. The molecule has 1 aromatic heterocycles. The molecule has 15 heteroatoms. The topological polar surface area (TPSA) is 90.6 Å². The number of amides is 1. The summed E-state index contributed by atoms with van der Waals surface area (Å²) in [4.78, 5) is 21.1. The van der Waals surface area contributed by atoms with E-state index in [0.717, 1.165) is 30.2 Å². The summed E-state index contributed by atoms with van der Waals surface area (Å²) >= 11 is 1.07. The number of piperazine rings is 1. The molecule has 46 heavy (non-hydrogen) atoms. The number of carbonyl (C=O) groups excluding carboxylic acids is 1. The zero-order valence-electron chi connectivity index (χ0n) is 25.0. The summed E-state index contributed by atoms with van der Waals surface area (Å²) in [5, 5.41) is 20.3. The third-order valence-corrected chi connectivity index (χ3v) is 9.25. The molecule has 0 unspecified atom stereocenters. The average molecular weight is 666 g/mol. The van der Waals surface area contributed by atoms with Crippen molar-refractivity contribution in [3.05, 3.63) is 74.1 Å². The van der Waals surface area contributed by atoms with Gasteiger partial charge in [-0.3, -0.25) is 4.90 Å². The van der Waals surface area contributed by atoms with Crippen LogP contribution in [0.15, 0.2) is 46.6 Å². The van der Waals surface area contributed by atoms with Crippen LogP contribution in [-0.4, -0.2) is 58.1 Å². The minimum Gasteiger partial charge on any atom is -0.492 e. The van der Waals surface area contributed by atoms with Gasteiger partial charge in [0.25, 0.3) is 0 Å². The summed E-state index contributed by atoms with van der Waals surface area (Å²) < 4.78 is 88.1. The molecule has 0 radical (unpaired) electrons. The first-order valence-electron chi connectivity index (χ1n) is 14.4. The Balaban J connectivity index is 1.39. The molecule has 2 fully saturated rings. The van der Waals surface area contributed by atoms with Crippen molar-refractivity contribution in [2.45, 2.75) is 63.5 Å². The highest BCUT2D eigenvalue weighted by Crippen LogP contribution is 2.47. The molecule has 3 aliphatic rings. The maximum atomic E-state index is 14.1. The van der Waals surface area contributed by atoms with Gasteiger partial charge in [0.05, 0.1) is 33.1 Å². The smallest absolute Gasteiger partial charge is 0.416 e. The molecule has 2 aromatic carbocycles. The number of nitrogens with zero attached hydrogens (tertiary/aromatic N) is 5. The third kappa shape index (κ3) is 6.29. The van der Waals surface area contributed by atoms with E-state index in [1.54, 1.807) is 43.9 Å². The van der Waals surface area contributed by atoms with E-state index in [2.05, 4.69) is 15.2 Å². The summed E-state index contributed by atoms with van der Waals surface area (Å²) in [6.07, 6.45) is -7.92. The quantitative estimate of drug-likeness (QED) is 0.352. The Bertz CT molecular complexity index is 1860. The first kappa shape index (κ1) is 31.8. The molecule has 0 bridgehead atoms. The van der Waals surface area contributed by atoms with Gasteiger partial charge in [0.1, 0.15) is 5.60 Å². The lowest BCUT2D eigenvalue weighted by Crippen LogP contribution is -2.58. The van der Waals surface area contributed by atoms with E-state index in [0.29, 0.717) is 47.0 Å². The molecule has 1 spiro atoms. The van der Waals surface area contributed by atoms with Crippen molar-refractivity contribution >= 4 is 34.3 Å². The van der Waals surface area contributed by atoms with Gasteiger partial charge >= 0.3 is 18.4 Å². The van der Waals surface area contributed by atoms with Gasteiger partial charge in [-0.1, -0.05) is 23.5 Å². The zero-order valence-corrected chi connectivity index (χ0v) is 25.8. The van der Waals surface area contributed by atoms with Gasteiger partial charge in [-0.05, 0) is 74.2 Å². The van der Waals surface area contributed by atoms with Crippen molar-refractivity contribution < 1.29 is 41.0 Å². The number of fused-ring (bicyclic) bond motifs is 1. The van der Waals surface area contributed by atoms with E-state index in [4.69, 9.17) is 4.74 Å². The second-order valence-corrected chi connectivity index (χ2v) is 13.5. The zero-order chi connectivity index (χ0) is 33.2. The predicted molar refractivity (Wildman–Crippen MR) is 158 cm³/mol. The number of aromatic hydroxyl groups is 1. The number of hydrogen-bond donors (Lipinski definition) is 1. The SMILES string of the molecule is CC(C)(C)OC(=O)N1CCN(c2nc(O)c(C(Cc3ccc(C(F)(F)F)cc3C(F)(F)F)=c3ccc4c(c3)C=NN=4)s2)CC12CC2. The van der Waals surface area contributed by atoms with Crippen LogP contribution >= 0.6 is 11.3 Å². The molecule has 244 valence electrons. The lowest BCUT2D eigenvalue weighted by molar-refractivity contribution is -0.143. The Labute approximate surface area is 263 Å². The van der Waals surface area contributed by atoms with Crippen LogP contribution in [0, 0.1) is 0 Å². The molecule has 1 saturated carbocycles. The van der Waals surface area contributed by atoms with Gasteiger partial charge in [0.2, 0.25) is 5.88 Å². The van der Waals surface area contributed by atoms with Crippen molar-refractivity contribution in [3.8, 4) is 5.88 Å². The van der Waals surface area contributed by atoms with Crippen LogP contribution in [0.5, 0.6) is 5.88 Å². The summed E-state index contributed by atoms with van der Waals surface area (Å²) in [7, 11) is 0. The molecular formula is C31H29F6N5O3S. The van der Waals surface area contributed by atoms with E-state index in [-0.39, 0.29) is 16.5 Å². The molecule has 1 saturated heterocycles. The van der Waals surface area contributed by atoms with E-state index in [1.807, 2.05) is 4.90 Å². The van der Waals surface area contributed by atoms with Gasteiger partial charge in [-0.15, -0.1) is 0 Å². The van der Waals surface area contributed by atoms with Gasteiger partial charge in [0.15, 0.2) is 5.13 Å². The highest BCUT2D eigenvalue weighted by molar-refractivity contribution is 7.17. The molecule has 3 aromatic rings. The normalized spacial score (nSPS) is 18.0. The summed E-state index contributed by atoms with van der Waals surface area (Å²) in [6.45, 7) is 6.51. The van der Waals surface area contributed by atoms with Gasteiger partial charge in [-0.25, -0.2) is 4.79 Å². The lowest BCUT2D eigenvalue weighted by Gasteiger charge is -2.42. The maximum absolute atomic E-state index is 14.1. The summed E-state index contributed by atoms with van der Waals surface area (Å²) in [5.41, 5.74) is -3.52. The lowest BCUT2D eigenvalue weighted by atomic mass is 9.94. The van der Waals surface area contributed by atoms with Crippen LogP contribution in [0.4, 0.5) is 36.3 Å². The van der Waals surface area contributed by atoms with E-state index >= 15 is 0 Å². The number of aromatic nitrogens is 1. The Morgan fingerprint density at radius 3 is 2.41 bits per heavy atom. The maximum Gasteiger partial charge on any atom is 0.416 e. The fourth-order valence-electron chi connectivity index (χ4n) is 5.71. The Hall–Kier alpha value is -4.14. The molecule has 6 rings (SSSR count). The van der Waals surface area contributed by atoms with Crippen LogP contribution < -0.4 is 15.5 Å². The molecule has 2 aliphatic heterocycles. The van der Waals surface area contributed by atoms with Crippen LogP contribution in [0.1, 0.15) is 60.7 Å². The van der Waals surface area contributed by atoms with Gasteiger partial charge in [-0.2, -0.15) is 41.5 Å². The van der Waals surface area contributed by atoms with Crippen LogP contribution in [0.3, 0.4) is 0 Å². The fraction of sp³-hybridized carbons (Fsp3) is 0.419. The minimum atomic E-state index is -5.07. The number of benzene rings is 2. The van der Waals surface area contributed by atoms with Crippen LogP contribution in [0.2, 0.25) is 0 Å². The Kier molecular flexibility index (Phi) is 7.60. The van der Waals surface area contributed by atoms with E-state index < -0.39 is 58.6 Å². The van der Waals surface area contributed by atoms with Crippen molar-refractivity contribution in [1.29, 1.82) is 0 Å². The van der Waals surface area contributed by atoms with Crippen molar-refractivity contribution in [2.75, 3.05) is 24.5 Å². The van der Waals surface area contributed by atoms with Gasteiger partial charge in [0, 0.05) is 31.6 Å². The molecule has 1 aliphatic carbocycles. The van der Waals surface area contributed by atoms with Crippen molar-refractivity contribution in [2.24, 2.45) is 10.2 Å². The predicted octanol–water partition coefficient (Wildman–Crippen LogP) is 5.88. The first-order chi connectivity index (χ1) is 21.4. The standard InChI is InChI=1S/C31H29F6N5O3S/c1-28(2,3)45-27(44)42-11-10-41(16-29(42)8-9-29)26-39-25(43)24(46-26)21(17-5-7-23-19(12-17)15-38-40-23)13-18-4-6-20(30(32,33)34)14-22(18)31(35,36)37/h4-7,12,14-15,43H,8-11,13,16H2,1-3H3. The molecule has 8 nitrogen and oxygen atoms in total. The number of ether oxygens (including phenoxy) is 1. The number of rotatable bonds is 4. The van der Waals surface area contributed by atoms with Crippen molar-refractivity contribution in [3.63, 3.8) is 0 Å². The first-order valence-corrected chi connectivity index (χ1v) is 15.2. The summed E-state index contributed by atoms with van der Waals surface area (Å²) in [6, 6.07) is 6.44. The van der Waals surface area contributed by atoms with Crippen LogP contribution in [0.25, 0.3) is 5.57 Å². The molecule has 1 amide bonds. The third-order valence-electron chi connectivity index (χ3n) is 8.08. The molecular weight excluding hydrogens is 636 g/mol. The number of anilines is 1. The molecule has 0 atom stereocenters. The van der Waals surface area contributed by atoms with E-state index in [1.165, 1.54) is 6.21 Å². The molecule has 3 heterocycles. The molecule has 1 N–H and O–H groups in total. The fourth-order valence-corrected chi connectivity index (χ4v) is 6.76. The number of hydrogen-bond acceptors (Lipinski definition) is 8. The Morgan fingerprint density at radius 2 is 1.76 bits per heavy atom. The highest BCUT2D eigenvalue weighted by Gasteiger charge is 2.54. The highest BCUT2D eigenvalue weighted by atomic mass is 32.1. The average Bonchev–Trinajstić information content (AvgIpc) is 3.35. The largest absolute Gasteiger partial charge is 0.492 e. The number of carbonyl (C=O) groups is 1.